The zero-order chi connectivity index (χ0) is 106. The number of carbonyl (C=O) groups excluding carboxylic acids is 6. The number of halogens is 1. The second-order valence-corrected chi connectivity index (χ2v) is 39.0. The van der Waals surface area contributed by atoms with Crippen LogP contribution in [0.3, 0.4) is 0 Å². The van der Waals surface area contributed by atoms with Gasteiger partial charge >= 0.3 is 10.4 Å². The summed E-state index contributed by atoms with van der Waals surface area (Å²) in [6.45, 7) is 70.6. The third-order valence-electron chi connectivity index (χ3n) is 12.7. The first-order valence-corrected chi connectivity index (χ1v) is 46.9. The predicted molar refractivity (Wildman–Crippen MR) is 578 cm³/mol. The second-order valence-electron chi connectivity index (χ2n) is 35.0. The van der Waals surface area contributed by atoms with E-state index in [0.717, 1.165) is 82.2 Å². The standard InChI is InChI=1S/C15H22O3.C15H22O2.C15H20O2.C14H18O3.C11H14O3.C7H6O3.C4H11NOS.C4H7O.C4H8.C2H6O4S.4C2H6O.CH4BClS.5CH4.Ti/c1-14(2,3)17-12-8-7-11(10-16)9-13(12)18-15(4,5)6;2*1-11-6-8-13(9-7-12(2)16)10-14(11)17-15(3,4)5;1-10(15)5-6-11-7-8-12(16)13(9-11)17-14(2,3)4;1-11(2,3)14-10-6-8(7-12)4-5-9(10)13;8-4-5-1-2-6(9)7(10)3-5;1-4(2,3)7(5)6;1-2-4-5-3-1;1-4(2)3;1-2-6-7(3,4)5;4*1-2-3;1-2-4-3;;;;;;/h7-10H,1-6H3;6,8,10H,7,9H2,1-5H3;6-10H,1-5H3;5-9,16H,1-4H3;4-7,13H,1-3H3;1-4,9-10H;5H2,1-3H3;3H,1-2,4H2;1H2,2-3H3;2H2,1H3,(H,3,4,5);4*3H,2H2,1H3;2H,1H3;5*1H4;/q;;;;;;;-1;;;;;;;;;;;;;/b;;9-7+;6-5+;;;;;;;;;;;;;;;;;/t;;;;;;7-;;;;;;;;;;;;;;/m......0............../s1/i;;;;;;;;;;;;;;2T;;;;;;/hD. The normalized spacial score (nSPS) is 11.1. The molecule has 1 atom stereocenters. The van der Waals surface area contributed by atoms with Gasteiger partial charge in [0.1, 0.15) is 69.7 Å². The molecule has 0 amide bonds. The van der Waals surface area contributed by atoms with E-state index >= 15 is 0 Å². The molecule has 0 aromatic heterocycles. The van der Waals surface area contributed by atoms with Crippen LogP contribution in [-0.4, -0.2) is 180 Å². The molecule has 11 N–H and O–H groups in total. The third kappa shape index (κ3) is 110. The Bertz CT molecular complexity index is 4340. The number of aromatic hydroxyl groups is 4. The Hall–Kier alpha value is -8.24. The Labute approximate surface area is 864 Å². The minimum absolute atomic E-state index is 0. The molecule has 1 aliphatic rings. The smallest absolute Gasteiger partial charge is 0.397 e. The molecule has 6 aromatic carbocycles. The number of benzene rings is 6. The maximum absolute atomic E-state index is 11.0. The molecule has 7 rings (SSSR count). The van der Waals surface area contributed by atoms with E-state index < -0.39 is 21.4 Å². The number of ether oxygens (including phenoxy) is 7. The summed E-state index contributed by atoms with van der Waals surface area (Å²) < 4.78 is 89.0. The van der Waals surface area contributed by atoms with Gasteiger partial charge in [-0.05, 0) is 355 Å². The van der Waals surface area contributed by atoms with Gasteiger partial charge in [-0.25, -0.2) is 15.0 Å². The minimum atomic E-state index is -4.00. The van der Waals surface area contributed by atoms with E-state index in [-0.39, 0.29) is 177 Å². The van der Waals surface area contributed by atoms with Crippen molar-refractivity contribution in [1.82, 2.24) is 0 Å². The van der Waals surface area contributed by atoms with E-state index in [9.17, 15) is 51.6 Å². The molecular formula is C105H182BClNO26S3Ti-. The van der Waals surface area contributed by atoms with E-state index in [4.69, 9.17) is 82.4 Å². The summed E-state index contributed by atoms with van der Waals surface area (Å²) >= 11 is 0. The average Bonchev–Trinajstić information content (AvgIpc) is 0.849. The molecule has 33 heteroatoms. The summed E-state index contributed by atoms with van der Waals surface area (Å²) in [6.07, 6.45) is 12.4. The predicted octanol–water partition coefficient (Wildman–Crippen LogP) is 25.0. The number of phenolic OH excluding ortho intramolecular Hbond substituents is 4. The van der Waals surface area contributed by atoms with E-state index in [1.165, 1.54) is 75.2 Å². The largest absolute Gasteiger partial charge is 0.552 e. The molecule has 27 nitrogen and oxygen atoms in total. The van der Waals surface area contributed by atoms with E-state index in [1.807, 2.05) is 204 Å². The Morgan fingerprint density at radius 2 is 0.797 bits per heavy atom. The van der Waals surface area contributed by atoms with Crippen LogP contribution in [-0.2, 0) is 72.8 Å². The summed E-state index contributed by atoms with van der Waals surface area (Å²) in [4.78, 5) is 64.1. The number of carbonyl (C=O) groups is 6. The first-order chi connectivity index (χ1) is 61.3. The van der Waals surface area contributed by atoms with Gasteiger partial charge in [0.25, 0.3) is 0 Å². The summed E-state index contributed by atoms with van der Waals surface area (Å²) in [7, 11) is 0.898. The number of hydrogen-bond acceptors (Lipinski definition) is 27. The van der Waals surface area contributed by atoms with Gasteiger partial charge < -0.3 is 78.8 Å². The number of hydrogen-bond donors (Lipinski definition) is 10. The molecule has 0 spiro atoms. The van der Waals surface area contributed by atoms with Crippen molar-refractivity contribution in [3.63, 3.8) is 0 Å². The van der Waals surface area contributed by atoms with Crippen LogP contribution in [0.25, 0.3) is 13.6 Å². The van der Waals surface area contributed by atoms with Crippen LogP contribution in [0.2, 0.25) is 6.82 Å². The van der Waals surface area contributed by atoms with Gasteiger partial charge in [0.05, 0.1) is 22.3 Å². The van der Waals surface area contributed by atoms with Crippen molar-refractivity contribution in [3.05, 3.63) is 185 Å². The third-order valence-corrected chi connectivity index (χ3v) is 15.2. The second kappa shape index (κ2) is 87.8. The fraction of sp³-hybridized carbons (Fsp3) is 0.533. The number of Topliss-reactive ketones (excluding diaryl/α,β-unsaturated/α-hetero) is 1. The molecule has 0 saturated carbocycles. The average molecular weight is 2070 g/mol. The van der Waals surface area contributed by atoms with Crippen LogP contribution in [0.15, 0.2) is 133 Å². The molecule has 0 radical (unpaired) electrons. The molecule has 6 aromatic rings. The molecule has 0 unspecified atom stereocenters. The molecule has 0 aliphatic carbocycles. The van der Waals surface area contributed by atoms with Crippen LogP contribution in [0.5, 0.6) is 57.5 Å². The molecule has 1 saturated heterocycles. The van der Waals surface area contributed by atoms with E-state index in [2.05, 4.69) is 27.4 Å². The molecule has 0 bridgehead atoms. The number of aliphatic hydroxyl groups excluding tert-OH is 4. The minimum Gasteiger partial charge on any atom is -0.552 e. The number of phenols is 4. The van der Waals surface area contributed by atoms with Crippen LogP contribution in [0, 0.1) is 20.5 Å². The molecule has 1 aliphatic heterocycles. The number of aliphatic hydroxyl groups is 4. The first-order valence-electron chi connectivity index (χ1n) is 43.6. The maximum Gasteiger partial charge on any atom is 0.397 e. The molecule has 1 heterocycles. The number of ketones is 3. The molecule has 796 valence electrons. The number of nitrogens with two attached hydrogens (primary N) is 1. The number of aldehydes is 3. The quantitative estimate of drug-likeness (QED) is 0.00645. The Kier molecular flexibility index (Phi) is 98.6. The van der Waals surface area contributed by atoms with Crippen LogP contribution in [0.1, 0.15) is 330 Å². The zero-order valence-corrected chi connectivity index (χ0v) is 90.2. The summed E-state index contributed by atoms with van der Waals surface area (Å²) in [6, 6.07) is 30.7. The monoisotopic (exact) mass is 2070 g/mol. The zero-order valence-electron chi connectivity index (χ0n) is 87.5. The fourth-order valence-corrected chi connectivity index (χ4v) is 8.09. The SMILES string of the molecule is C.C.C.C.C.C=C(C)C.CC(=O)/C=C/c1ccc(C)c(OC(C)(C)C)c1.CC(=O)/C=C/c1ccc(O)c(OC(C)(C)C)c1.CC(=O)CCc1ccc(C)c(OC(C)(C)C)c1.CC(C)(C)Oc1cc(C=O)ccc1O.CC(C)(C)Oc1ccc(C=O)cc1OC(C)(C)C.CC(C)(C)[S@@](N)=O.CCO.CCO.CCO.CCO.O=Cc1ccc(O)c(O)c1.[2H]OS(=O)(=O)OCC.[3H]B(C)SCl.[CH-]1CCCO1.[Ti]. The fourth-order valence-electron chi connectivity index (χ4n) is 7.81. The van der Waals surface area contributed by atoms with Crippen molar-refractivity contribution >= 4 is 97.8 Å². The Morgan fingerprint density at radius 1 is 0.514 bits per heavy atom. The van der Waals surface area contributed by atoms with Gasteiger partial charge in [0.2, 0.25) is 7.95 Å². The van der Waals surface area contributed by atoms with Gasteiger partial charge in [-0.3, -0.25) is 33.7 Å². The maximum atomic E-state index is 11.0. The van der Waals surface area contributed by atoms with E-state index in [0.29, 0.717) is 52.4 Å². The summed E-state index contributed by atoms with van der Waals surface area (Å²) in [5, 5.41) is 72.0. The molecule has 138 heavy (non-hydrogen) atoms. The van der Waals surface area contributed by atoms with Crippen LogP contribution >= 0.6 is 21.5 Å². The van der Waals surface area contributed by atoms with Gasteiger partial charge in [-0.2, -0.15) is 14.8 Å². The first kappa shape index (κ1) is 155. The summed E-state index contributed by atoms with van der Waals surface area (Å²) in [5.41, 5.74) is 5.94. The van der Waals surface area contributed by atoms with Crippen LogP contribution < -0.4 is 33.6 Å². The topological polar surface area (TPSA) is 436 Å². The number of allylic oxidation sites excluding steroid dienone is 3. The van der Waals surface area contributed by atoms with Gasteiger partial charge in [0, 0.05) is 77.9 Å². The number of aryl methyl sites for hydroxylation is 3. The van der Waals surface area contributed by atoms with Gasteiger partial charge in [-0.15, -0.1) is 17.4 Å². The van der Waals surface area contributed by atoms with Crippen molar-refractivity contribution in [1.29, 1.82) is 2.77 Å². The summed E-state index contributed by atoms with van der Waals surface area (Å²) in [5.74, 6) is 3.70. The molecular weight excluding hydrogens is 1880 g/mol. The number of rotatable bonds is 20. The van der Waals surface area contributed by atoms with Crippen molar-refractivity contribution < 1.29 is 146 Å². The van der Waals surface area contributed by atoms with Crippen molar-refractivity contribution in [2.45, 2.75) is 336 Å². The van der Waals surface area contributed by atoms with Crippen molar-refractivity contribution in [2.75, 3.05) is 39.6 Å². The molecule has 1 fully saturated rings. The van der Waals surface area contributed by atoms with Crippen LogP contribution in [0.4, 0.5) is 0 Å². The van der Waals surface area contributed by atoms with Crippen molar-refractivity contribution in [2.24, 2.45) is 5.14 Å². The Morgan fingerprint density at radius 3 is 1.07 bits per heavy atom. The van der Waals surface area contributed by atoms with Gasteiger partial charge in [0.15, 0.2) is 57.6 Å². The van der Waals surface area contributed by atoms with E-state index in [1.54, 1.807) is 96.1 Å². The van der Waals surface area contributed by atoms with Gasteiger partial charge in [-0.1, -0.05) is 109 Å². The van der Waals surface area contributed by atoms with Crippen molar-refractivity contribution in [3.8, 4) is 57.5 Å². The Balaban J connectivity index is -0.000000105.